The van der Waals surface area contributed by atoms with Crippen LogP contribution >= 0.6 is 0 Å². The van der Waals surface area contributed by atoms with Gasteiger partial charge in [-0.15, -0.1) is 5.10 Å². The molecule has 1 aliphatic heterocycles. The van der Waals surface area contributed by atoms with Crippen LogP contribution in [0, 0.1) is 0 Å². The lowest BCUT2D eigenvalue weighted by Gasteiger charge is -2.02. The van der Waals surface area contributed by atoms with Crippen LogP contribution in [0.3, 0.4) is 0 Å². The van der Waals surface area contributed by atoms with Gasteiger partial charge in [0.1, 0.15) is 5.84 Å². The van der Waals surface area contributed by atoms with Crippen LogP contribution in [-0.4, -0.2) is 16.3 Å². The van der Waals surface area contributed by atoms with Crippen molar-refractivity contribution in [3.8, 4) is 0 Å². The fraction of sp³-hybridized carbons (Fsp3) is 0.500. The molecule has 40 valence electrons. The van der Waals surface area contributed by atoms with Crippen LogP contribution in [-0.2, 0) is 0 Å². The third-order valence-electron chi connectivity index (χ3n) is 0.580. The third kappa shape index (κ3) is 0.787. The molecule has 0 saturated heterocycles. The van der Waals surface area contributed by atoms with Gasteiger partial charge < -0.3 is 0 Å². The van der Waals surface area contributed by atoms with Gasteiger partial charge in [-0.2, -0.15) is 5.53 Å². The Morgan fingerprint density at radius 2 is 2.57 bits per heavy atom. The quantitative estimate of drug-likeness (QED) is 0.368. The average molecular weight is 102 g/mol. The van der Waals surface area contributed by atoms with Gasteiger partial charge in [0.15, 0.2) is 0 Å². The third-order valence-corrected chi connectivity index (χ3v) is 0.580. The Labute approximate surface area is 40.5 Å². The number of hydrazine groups is 2. The highest BCUT2D eigenvalue weighted by Crippen LogP contribution is 1.78. The largest absolute Gasteiger partial charge is 0.275 e. The van der Waals surface area contributed by atoms with Gasteiger partial charge >= 0.3 is 0 Å². The maximum atomic E-state index is 8.40. The molecule has 0 amide bonds. The van der Waals surface area contributed by atoms with E-state index in [-0.39, 0.29) is 0 Å². The molecule has 0 atom stereocenters. The first-order valence-electron chi connectivity index (χ1n) is 1.84. The fourth-order valence-electron chi connectivity index (χ4n) is 0.326. The maximum Gasteiger partial charge on any atom is 0.138 e. The summed E-state index contributed by atoms with van der Waals surface area (Å²) in [7, 11) is 0. The van der Waals surface area contributed by atoms with Gasteiger partial charge in [-0.3, -0.25) is 10.6 Å². The zero-order valence-electron chi connectivity index (χ0n) is 3.84. The van der Waals surface area contributed by atoms with Crippen molar-refractivity contribution in [1.29, 1.82) is 0 Å². The number of hydrazone groups is 1. The van der Waals surface area contributed by atoms with Crippen molar-refractivity contribution < 1.29 is 5.21 Å². The molecule has 0 aromatic heterocycles. The predicted octanol–water partition coefficient (Wildman–Crippen LogP) is -0.966. The second-order valence-electron chi connectivity index (χ2n) is 1.22. The summed E-state index contributed by atoms with van der Waals surface area (Å²) in [4.78, 5) is 0. The van der Waals surface area contributed by atoms with E-state index in [9.17, 15) is 0 Å². The summed E-state index contributed by atoms with van der Waals surface area (Å²) in [6, 6.07) is 0. The molecule has 0 saturated carbocycles. The summed E-state index contributed by atoms with van der Waals surface area (Å²) in [6.07, 6.45) is 0. The van der Waals surface area contributed by atoms with E-state index in [1.54, 1.807) is 6.92 Å². The summed E-state index contributed by atoms with van der Waals surface area (Å²) in [6.45, 7) is 1.73. The summed E-state index contributed by atoms with van der Waals surface area (Å²) in [5.74, 6) is 0.641. The lowest BCUT2D eigenvalue weighted by Crippen LogP contribution is -2.37. The van der Waals surface area contributed by atoms with E-state index in [1.165, 1.54) is 0 Å². The molecule has 0 aromatic carbocycles. The van der Waals surface area contributed by atoms with Crippen molar-refractivity contribution in [2.45, 2.75) is 6.92 Å². The van der Waals surface area contributed by atoms with E-state index in [0.717, 1.165) is 0 Å². The lowest BCUT2D eigenvalue weighted by molar-refractivity contribution is -0.151. The summed E-state index contributed by atoms with van der Waals surface area (Å²) >= 11 is 0. The Hall–Kier alpha value is -0.810. The topological polar surface area (TPSA) is 59.9 Å². The normalized spacial score (nSPS) is 20.6. The van der Waals surface area contributed by atoms with Crippen molar-refractivity contribution in [3.63, 3.8) is 0 Å². The van der Waals surface area contributed by atoms with Gasteiger partial charge in [0, 0.05) is 5.28 Å². The first-order valence-corrected chi connectivity index (χ1v) is 1.84. The van der Waals surface area contributed by atoms with E-state index in [4.69, 9.17) is 5.21 Å². The second kappa shape index (κ2) is 1.36. The van der Waals surface area contributed by atoms with Crippen LogP contribution in [0.2, 0.25) is 0 Å². The number of amidine groups is 1. The van der Waals surface area contributed by atoms with Gasteiger partial charge in [0.25, 0.3) is 0 Å². The minimum Gasteiger partial charge on any atom is -0.275 e. The van der Waals surface area contributed by atoms with E-state index in [0.29, 0.717) is 11.1 Å². The molecule has 1 heterocycles. The molecule has 0 radical (unpaired) electrons. The predicted molar refractivity (Wildman–Crippen MR) is 23.0 cm³/mol. The van der Waals surface area contributed by atoms with Crippen molar-refractivity contribution in [3.05, 3.63) is 0 Å². The highest BCUT2D eigenvalue weighted by atomic mass is 16.6. The van der Waals surface area contributed by atoms with Crippen LogP contribution in [0.4, 0.5) is 0 Å². The minimum absolute atomic E-state index is 0.641. The lowest BCUT2D eigenvalue weighted by atomic mass is 10.7. The number of nitrogens with one attached hydrogen (secondary N) is 2. The molecule has 0 spiro atoms. The minimum atomic E-state index is 0.641. The fourth-order valence-corrected chi connectivity index (χ4v) is 0.326. The Kier molecular flexibility index (Phi) is 0.844. The number of hydrogen-bond acceptors (Lipinski definition) is 5. The van der Waals surface area contributed by atoms with Crippen LogP contribution in [0.1, 0.15) is 6.92 Å². The van der Waals surface area contributed by atoms with Gasteiger partial charge in [-0.1, -0.05) is 0 Å². The molecule has 5 heteroatoms. The molecule has 0 unspecified atom stereocenters. The van der Waals surface area contributed by atoms with Crippen molar-refractivity contribution in [2.24, 2.45) is 5.10 Å². The van der Waals surface area contributed by atoms with E-state index >= 15 is 0 Å². The van der Waals surface area contributed by atoms with Crippen molar-refractivity contribution in [1.82, 2.24) is 16.2 Å². The second-order valence-corrected chi connectivity index (χ2v) is 1.22. The van der Waals surface area contributed by atoms with Gasteiger partial charge in [0.05, 0.1) is 0 Å². The molecule has 0 fully saturated rings. The van der Waals surface area contributed by atoms with Crippen LogP contribution in [0.25, 0.3) is 0 Å². The molecule has 1 rings (SSSR count). The SMILES string of the molecule is CC1=NNN(O)N1. The van der Waals surface area contributed by atoms with Gasteiger partial charge in [-0.25, -0.2) is 0 Å². The molecule has 1 aliphatic rings. The highest BCUT2D eigenvalue weighted by Gasteiger charge is 2.03. The number of rotatable bonds is 0. The van der Waals surface area contributed by atoms with E-state index in [2.05, 4.69) is 16.1 Å². The summed E-state index contributed by atoms with van der Waals surface area (Å²) < 4.78 is 0. The van der Waals surface area contributed by atoms with Crippen molar-refractivity contribution in [2.75, 3.05) is 0 Å². The standard InChI is InChI=1S/C2H6N4O/c1-2-3-5-6(7)4-2/h5,7H,1H3,(H,3,4). The van der Waals surface area contributed by atoms with Crippen molar-refractivity contribution >= 4 is 5.84 Å². The molecule has 0 aromatic rings. The van der Waals surface area contributed by atoms with Crippen LogP contribution < -0.4 is 11.0 Å². The zero-order chi connectivity index (χ0) is 5.28. The first-order chi connectivity index (χ1) is 3.29. The average Bonchev–Trinajstić information content (AvgIpc) is 1.87. The number of nitrogens with zero attached hydrogens (tertiary/aromatic N) is 2. The summed E-state index contributed by atoms with van der Waals surface area (Å²) in [5, 5.41) is 12.6. The summed E-state index contributed by atoms with van der Waals surface area (Å²) in [5.41, 5.74) is 4.68. The Bertz CT molecular complexity index is 99.9. The Morgan fingerprint density at radius 3 is 2.71 bits per heavy atom. The molecular formula is C2H6N4O. The molecule has 0 bridgehead atoms. The van der Waals surface area contributed by atoms with E-state index < -0.39 is 0 Å². The van der Waals surface area contributed by atoms with Gasteiger partial charge in [0.2, 0.25) is 0 Å². The van der Waals surface area contributed by atoms with E-state index in [1.807, 2.05) is 0 Å². The monoisotopic (exact) mass is 102 g/mol. The first kappa shape index (κ1) is 4.35. The van der Waals surface area contributed by atoms with Crippen LogP contribution in [0.5, 0.6) is 0 Å². The Morgan fingerprint density at radius 1 is 1.86 bits per heavy atom. The molecule has 7 heavy (non-hydrogen) atoms. The highest BCUT2D eigenvalue weighted by molar-refractivity contribution is 5.79. The molecule has 0 aliphatic carbocycles. The Balaban J connectivity index is 2.42. The van der Waals surface area contributed by atoms with Gasteiger partial charge in [-0.05, 0) is 6.92 Å². The molecule has 3 N–H and O–H groups in total. The molecule has 5 nitrogen and oxygen atoms in total. The number of hydrogen-bond donors (Lipinski definition) is 3. The zero-order valence-corrected chi connectivity index (χ0v) is 3.84. The van der Waals surface area contributed by atoms with Crippen LogP contribution in [0.15, 0.2) is 5.10 Å². The maximum absolute atomic E-state index is 8.40. The smallest absolute Gasteiger partial charge is 0.138 e. The molecular weight excluding hydrogens is 96.0 g/mol.